The van der Waals surface area contributed by atoms with E-state index in [2.05, 4.69) is 31.0 Å². The van der Waals surface area contributed by atoms with E-state index < -0.39 is 0 Å². The lowest BCUT2D eigenvalue weighted by molar-refractivity contribution is 0.869. The van der Waals surface area contributed by atoms with Crippen LogP contribution in [0.3, 0.4) is 0 Å². The number of nitrogen functional groups attached to an aromatic ring is 1. The van der Waals surface area contributed by atoms with Gasteiger partial charge >= 0.3 is 0 Å². The van der Waals surface area contributed by atoms with E-state index in [0.717, 1.165) is 10.9 Å². The summed E-state index contributed by atoms with van der Waals surface area (Å²) in [5.74, 6) is 0.908. The topological polar surface area (TPSA) is 65.6 Å². The molecule has 0 radical (unpaired) electrons. The first-order valence-corrected chi connectivity index (χ1v) is 4.94. The van der Waals surface area contributed by atoms with Crippen molar-refractivity contribution >= 4 is 16.7 Å². The van der Waals surface area contributed by atoms with E-state index in [9.17, 15) is 0 Å². The highest BCUT2D eigenvalue weighted by Gasteiger charge is 2.09. The molecule has 0 atom stereocenters. The van der Waals surface area contributed by atoms with E-state index in [0.29, 0.717) is 17.3 Å². The first kappa shape index (κ1) is 9.60. The SMILES string of the molecule is CC(C)c1ccc2[nH]c(N)c(C#N)c2c1. The summed E-state index contributed by atoms with van der Waals surface area (Å²) in [5, 5.41) is 9.90. The van der Waals surface area contributed by atoms with Crippen LogP contribution >= 0.6 is 0 Å². The zero-order chi connectivity index (χ0) is 11.0. The third kappa shape index (κ3) is 1.44. The van der Waals surface area contributed by atoms with Crippen LogP contribution in [0.5, 0.6) is 0 Å². The largest absolute Gasteiger partial charge is 0.384 e. The van der Waals surface area contributed by atoms with Crippen molar-refractivity contribution in [2.45, 2.75) is 19.8 Å². The van der Waals surface area contributed by atoms with Gasteiger partial charge in [0.15, 0.2) is 0 Å². The number of nitriles is 1. The van der Waals surface area contributed by atoms with Gasteiger partial charge in [-0.3, -0.25) is 0 Å². The van der Waals surface area contributed by atoms with E-state index >= 15 is 0 Å². The number of benzene rings is 1. The maximum absolute atomic E-state index is 8.98. The van der Waals surface area contributed by atoms with Gasteiger partial charge in [0.1, 0.15) is 17.5 Å². The number of aromatic nitrogens is 1. The van der Waals surface area contributed by atoms with Crippen molar-refractivity contribution in [3.63, 3.8) is 0 Å². The van der Waals surface area contributed by atoms with Crippen LogP contribution in [-0.4, -0.2) is 4.98 Å². The monoisotopic (exact) mass is 199 g/mol. The van der Waals surface area contributed by atoms with Gasteiger partial charge in [0.2, 0.25) is 0 Å². The lowest BCUT2D eigenvalue weighted by Gasteiger charge is -2.04. The highest BCUT2D eigenvalue weighted by atomic mass is 14.8. The number of hydrogen-bond donors (Lipinski definition) is 2. The summed E-state index contributed by atoms with van der Waals surface area (Å²) in [5.41, 5.74) is 8.41. The molecule has 0 saturated heterocycles. The number of rotatable bonds is 1. The number of nitrogens with one attached hydrogen (secondary N) is 1. The molecule has 0 saturated carbocycles. The number of anilines is 1. The molecule has 15 heavy (non-hydrogen) atoms. The highest BCUT2D eigenvalue weighted by Crippen LogP contribution is 2.26. The standard InChI is InChI=1S/C12H13N3/c1-7(2)8-3-4-11-9(5-8)10(6-13)12(14)15-11/h3-5,7,15H,14H2,1-2H3. The Bertz CT molecular complexity index is 544. The second-order valence-corrected chi connectivity index (χ2v) is 3.99. The van der Waals surface area contributed by atoms with Crippen LogP contribution in [0, 0.1) is 11.3 Å². The number of nitrogens with zero attached hydrogens (tertiary/aromatic N) is 1. The Morgan fingerprint density at radius 1 is 1.40 bits per heavy atom. The fraction of sp³-hybridized carbons (Fsp3) is 0.250. The summed E-state index contributed by atoms with van der Waals surface area (Å²) < 4.78 is 0. The predicted molar refractivity (Wildman–Crippen MR) is 61.5 cm³/mol. The first-order chi connectivity index (χ1) is 7.13. The van der Waals surface area contributed by atoms with E-state index in [-0.39, 0.29) is 0 Å². The molecule has 76 valence electrons. The Balaban J connectivity index is 2.75. The maximum Gasteiger partial charge on any atom is 0.119 e. The summed E-state index contributed by atoms with van der Waals surface area (Å²) in [6, 6.07) is 8.19. The van der Waals surface area contributed by atoms with Crippen molar-refractivity contribution in [3.05, 3.63) is 29.3 Å². The van der Waals surface area contributed by atoms with Crippen molar-refractivity contribution in [1.29, 1.82) is 5.26 Å². The molecule has 3 heteroatoms. The van der Waals surface area contributed by atoms with E-state index in [4.69, 9.17) is 11.0 Å². The first-order valence-electron chi connectivity index (χ1n) is 4.94. The van der Waals surface area contributed by atoms with Crippen molar-refractivity contribution in [3.8, 4) is 6.07 Å². The molecule has 0 fully saturated rings. The van der Waals surface area contributed by atoms with E-state index in [1.165, 1.54) is 5.56 Å². The molecule has 1 aromatic heterocycles. The molecule has 2 rings (SSSR count). The van der Waals surface area contributed by atoms with Crippen molar-refractivity contribution < 1.29 is 0 Å². The van der Waals surface area contributed by atoms with Gasteiger partial charge in [-0.25, -0.2) is 0 Å². The second kappa shape index (κ2) is 3.32. The Morgan fingerprint density at radius 3 is 2.73 bits per heavy atom. The number of nitrogens with two attached hydrogens (primary N) is 1. The molecular weight excluding hydrogens is 186 g/mol. The fourth-order valence-electron chi connectivity index (χ4n) is 1.71. The zero-order valence-corrected chi connectivity index (χ0v) is 8.83. The van der Waals surface area contributed by atoms with Crippen LogP contribution in [-0.2, 0) is 0 Å². The van der Waals surface area contributed by atoms with Gasteiger partial charge in [-0.15, -0.1) is 0 Å². The minimum absolute atomic E-state index is 0.452. The highest BCUT2D eigenvalue weighted by molar-refractivity contribution is 5.91. The lowest BCUT2D eigenvalue weighted by Crippen LogP contribution is -1.87. The summed E-state index contributed by atoms with van der Waals surface area (Å²) in [6.07, 6.45) is 0. The Labute approximate surface area is 88.5 Å². The van der Waals surface area contributed by atoms with Crippen LogP contribution in [0.2, 0.25) is 0 Å². The third-order valence-corrected chi connectivity index (χ3v) is 2.63. The molecular formula is C12H13N3. The Kier molecular flexibility index (Phi) is 2.12. The number of hydrogen-bond acceptors (Lipinski definition) is 2. The number of aromatic amines is 1. The molecule has 0 aliphatic heterocycles. The summed E-state index contributed by atoms with van der Waals surface area (Å²) in [4.78, 5) is 3.00. The molecule has 0 bridgehead atoms. The quantitative estimate of drug-likeness (QED) is 0.741. The van der Waals surface area contributed by atoms with Crippen LogP contribution < -0.4 is 5.73 Å². The van der Waals surface area contributed by atoms with Crippen molar-refractivity contribution in [2.24, 2.45) is 0 Å². The van der Waals surface area contributed by atoms with Crippen LogP contribution in [0.15, 0.2) is 18.2 Å². The molecule has 0 aliphatic rings. The summed E-state index contributed by atoms with van der Waals surface area (Å²) >= 11 is 0. The van der Waals surface area contributed by atoms with Gasteiger partial charge in [-0.05, 0) is 23.6 Å². The molecule has 0 unspecified atom stereocenters. The molecule has 0 spiro atoms. The molecule has 2 aromatic rings. The molecule has 0 amide bonds. The van der Waals surface area contributed by atoms with Gasteiger partial charge < -0.3 is 10.7 Å². The molecule has 1 aromatic carbocycles. The molecule has 0 aliphatic carbocycles. The van der Waals surface area contributed by atoms with Crippen molar-refractivity contribution in [2.75, 3.05) is 5.73 Å². The van der Waals surface area contributed by atoms with Crippen LogP contribution in [0.4, 0.5) is 5.82 Å². The number of fused-ring (bicyclic) bond motifs is 1. The average molecular weight is 199 g/mol. The van der Waals surface area contributed by atoms with Crippen LogP contribution in [0.25, 0.3) is 10.9 Å². The van der Waals surface area contributed by atoms with Crippen LogP contribution in [0.1, 0.15) is 30.9 Å². The summed E-state index contributed by atoms with van der Waals surface area (Å²) in [6.45, 7) is 4.26. The minimum Gasteiger partial charge on any atom is -0.384 e. The molecule has 3 nitrogen and oxygen atoms in total. The minimum atomic E-state index is 0.452. The smallest absolute Gasteiger partial charge is 0.119 e. The second-order valence-electron chi connectivity index (χ2n) is 3.99. The van der Waals surface area contributed by atoms with E-state index in [1.54, 1.807) is 0 Å². The van der Waals surface area contributed by atoms with Crippen molar-refractivity contribution in [1.82, 2.24) is 4.98 Å². The van der Waals surface area contributed by atoms with Gasteiger partial charge in [0.25, 0.3) is 0 Å². The predicted octanol–water partition coefficient (Wildman–Crippen LogP) is 2.75. The maximum atomic E-state index is 8.98. The summed E-state index contributed by atoms with van der Waals surface area (Å²) in [7, 11) is 0. The third-order valence-electron chi connectivity index (χ3n) is 2.63. The van der Waals surface area contributed by atoms with Gasteiger partial charge in [-0.2, -0.15) is 5.26 Å². The Morgan fingerprint density at radius 2 is 2.13 bits per heavy atom. The lowest BCUT2D eigenvalue weighted by atomic mass is 10.0. The van der Waals surface area contributed by atoms with Gasteiger partial charge in [-0.1, -0.05) is 19.9 Å². The normalized spacial score (nSPS) is 10.8. The number of H-pyrrole nitrogens is 1. The zero-order valence-electron chi connectivity index (χ0n) is 8.83. The van der Waals surface area contributed by atoms with E-state index in [1.807, 2.05) is 12.1 Å². The molecule has 3 N–H and O–H groups in total. The fourth-order valence-corrected chi connectivity index (χ4v) is 1.71. The average Bonchev–Trinajstić information content (AvgIpc) is 2.51. The Hall–Kier alpha value is -1.95. The molecule has 1 heterocycles. The van der Waals surface area contributed by atoms with Gasteiger partial charge in [0, 0.05) is 10.9 Å². The van der Waals surface area contributed by atoms with Gasteiger partial charge in [0.05, 0.1) is 0 Å².